The van der Waals surface area contributed by atoms with E-state index in [1.54, 1.807) is 24.3 Å². The number of anilines is 1. The van der Waals surface area contributed by atoms with E-state index in [-0.39, 0.29) is 17.9 Å². The maximum atomic E-state index is 12.5. The fourth-order valence-corrected chi connectivity index (χ4v) is 2.78. The van der Waals surface area contributed by atoms with Crippen LogP contribution in [0.4, 0.5) is 5.69 Å². The molecule has 0 atom stereocenters. The van der Waals surface area contributed by atoms with Gasteiger partial charge in [0.2, 0.25) is 11.7 Å². The van der Waals surface area contributed by atoms with Gasteiger partial charge in [-0.1, -0.05) is 17.3 Å². The van der Waals surface area contributed by atoms with Crippen molar-refractivity contribution in [1.29, 1.82) is 0 Å². The fraction of sp³-hybridized carbons (Fsp3) is 0.200. The van der Waals surface area contributed by atoms with Gasteiger partial charge in [0.15, 0.2) is 17.3 Å². The van der Waals surface area contributed by atoms with E-state index in [4.69, 9.17) is 14.2 Å². The molecule has 0 saturated carbocycles. The van der Waals surface area contributed by atoms with Crippen LogP contribution in [0.15, 0.2) is 45.7 Å². The van der Waals surface area contributed by atoms with Gasteiger partial charge in [-0.05, 0) is 24.3 Å². The molecule has 1 aromatic heterocycles. The second kappa shape index (κ2) is 9.48. The van der Waals surface area contributed by atoms with E-state index in [0.29, 0.717) is 28.5 Å². The lowest BCUT2D eigenvalue weighted by Crippen LogP contribution is -2.32. The summed E-state index contributed by atoms with van der Waals surface area (Å²) in [7, 11) is 4.34. The molecule has 2 aromatic carbocycles. The molecule has 0 aliphatic rings. The first-order valence-corrected chi connectivity index (χ1v) is 8.99. The van der Waals surface area contributed by atoms with Gasteiger partial charge in [-0.15, -0.1) is 0 Å². The number of carbonyl (C=O) groups is 2. The van der Waals surface area contributed by atoms with Crippen molar-refractivity contribution in [1.82, 2.24) is 15.5 Å². The minimum Gasteiger partial charge on any atom is -0.493 e. The van der Waals surface area contributed by atoms with Crippen LogP contribution in [-0.4, -0.2) is 49.8 Å². The smallest absolute Gasteiger partial charge is 0.439 e. The first-order chi connectivity index (χ1) is 14.9. The summed E-state index contributed by atoms with van der Waals surface area (Å²) in [6, 6.07) is 9.59. The number of rotatable bonds is 8. The molecule has 0 spiro atoms. The van der Waals surface area contributed by atoms with E-state index >= 15 is 0 Å². The number of amides is 2. The third-order valence-corrected chi connectivity index (χ3v) is 4.20. The Bertz CT molecular complexity index is 1130. The van der Waals surface area contributed by atoms with Crippen LogP contribution < -0.4 is 30.6 Å². The molecule has 0 saturated heterocycles. The largest absolute Gasteiger partial charge is 0.493 e. The zero-order valence-electron chi connectivity index (χ0n) is 17.0. The van der Waals surface area contributed by atoms with E-state index < -0.39 is 17.6 Å². The van der Waals surface area contributed by atoms with Crippen LogP contribution in [0, 0.1) is 0 Å². The summed E-state index contributed by atoms with van der Waals surface area (Å²) in [4.78, 5) is 38.3. The summed E-state index contributed by atoms with van der Waals surface area (Å²) in [6.45, 7) is -0.277. The van der Waals surface area contributed by atoms with E-state index in [1.807, 2.05) is 0 Å². The summed E-state index contributed by atoms with van der Waals surface area (Å²) in [5.41, 5.74) is 1.23. The Hall–Kier alpha value is -4.28. The third-order valence-electron chi connectivity index (χ3n) is 4.20. The second-order valence-corrected chi connectivity index (χ2v) is 6.17. The van der Waals surface area contributed by atoms with Gasteiger partial charge in [-0.2, -0.15) is 0 Å². The van der Waals surface area contributed by atoms with Crippen LogP contribution in [0.1, 0.15) is 10.4 Å². The number of nitrogens with zero attached hydrogens (tertiary/aromatic N) is 1. The van der Waals surface area contributed by atoms with Crippen LogP contribution in [0.25, 0.3) is 11.4 Å². The Balaban J connectivity index is 1.65. The van der Waals surface area contributed by atoms with E-state index in [2.05, 4.69) is 25.3 Å². The molecule has 0 unspecified atom stereocenters. The van der Waals surface area contributed by atoms with Gasteiger partial charge in [-0.25, -0.2) is 4.79 Å². The molecule has 0 aliphatic carbocycles. The third kappa shape index (κ3) is 5.01. The molecule has 1 heterocycles. The summed E-state index contributed by atoms with van der Waals surface area (Å²) in [6.07, 6.45) is 0. The number of hydrogen-bond donors (Lipinski definition) is 3. The molecule has 0 aliphatic heterocycles. The number of aromatic nitrogens is 2. The molecule has 0 fully saturated rings. The maximum Gasteiger partial charge on any atom is 0.439 e. The summed E-state index contributed by atoms with van der Waals surface area (Å²) in [5, 5.41) is 8.78. The number of nitrogens with one attached hydrogen (secondary N) is 3. The molecule has 0 bridgehead atoms. The van der Waals surface area contributed by atoms with Crippen LogP contribution in [-0.2, 0) is 4.79 Å². The number of hydrogen-bond acceptors (Lipinski definition) is 8. The van der Waals surface area contributed by atoms with Crippen molar-refractivity contribution in [2.75, 3.05) is 33.2 Å². The van der Waals surface area contributed by atoms with Gasteiger partial charge in [0.25, 0.3) is 5.91 Å². The molecule has 11 heteroatoms. The van der Waals surface area contributed by atoms with Gasteiger partial charge in [-0.3, -0.25) is 19.1 Å². The number of methoxy groups -OCH3 is 3. The van der Waals surface area contributed by atoms with Crippen molar-refractivity contribution >= 4 is 17.5 Å². The first kappa shape index (κ1) is 21.4. The number of carbonyl (C=O) groups excluding carboxylic acids is 2. The van der Waals surface area contributed by atoms with Crippen molar-refractivity contribution in [3.8, 4) is 28.6 Å². The average Bonchev–Trinajstić information content (AvgIpc) is 3.22. The monoisotopic (exact) mass is 428 g/mol. The highest BCUT2D eigenvalue weighted by molar-refractivity contribution is 6.00. The number of ether oxygens (including phenoxy) is 3. The number of aromatic amines is 1. The second-order valence-electron chi connectivity index (χ2n) is 6.17. The number of benzene rings is 2. The molecule has 3 aromatic rings. The van der Waals surface area contributed by atoms with Crippen molar-refractivity contribution < 1.29 is 28.3 Å². The average molecular weight is 428 g/mol. The van der Waals surface area contributed by atoms with Crippen LogP contribution in [0.5, 0.6) is 17.2 Å². The van der Waals surface area contributed by atoms with Gasteiger partial charge in [0.1, 0.15) is 0 Å². The van der Waals surface area contributed by atoms with Gasteiger partial charge in [0.05, 0.1) is 27.9 Å². The van der Waals surface area contributed by atoms with Gasteiger partial charge in [0, 0.05) is 16.8 Å². The minimum atomic E-state index is -0.682. The standard InChI is InChI=1S/C20H20N4O7/c1-28-14-8-12(9-15(29-2)17(14)30-3)19(26)21-10-16(25)22-13-6-4-5-11(7-13)18-23-20(27)31-24-18/h4-9H,10H2,1-3H3,(H,21,26)(H,22,25)(H,23,24,27). The van der Waals surface area contributed by atoms with Gasteiger partial charge < -0.3 is 24.8 Å². The normalized spacial score (nSPS) is 10.3. The SMILES string of the molecule is COc1cc(C(=O)NCC(=O)Nc2cccc(-c3noc(=O)[nH]3)c2)cc(OC)c1OC. The Morgan fingerprint density at radius 1 is 1.06 bits per heavy atom. The molecule has 3 rings (SSSR count). The quantitative estimate of drug-likeness (QED) is 0.489. The molecule has 3 N–H and O–H groups in total. The molecule has 2 amide bonds. The highest BCUT2D eigenvalue weighted by atomic mass is 16.5. The predicted molar refractivity (Wildman–Crippen MR) is 110 cm³/mol. The molecule has 31 heavy (non-hydrogen) atoms. The topological polar surface area (TPSA) is 145 Å². The summed E-state index contributed by atoms with van der Waals surface area (Å²) < 4.78 is 20.1. The van der Waals surface area contributed by atoms with Crippen molar-refractivity contribution in [3.63, 3.8) is 0 Å². The fourth-order valence-electron chi connectivity index (χ4n) is 2.78. The van der Waals surface area contributed by atoms with Crippen LogP contribution in [0.3, 0.4) is 0 Å². The minimum absolute atomic E-state index is 0.233. The molecule has 162 valence electrons. The molecular weight excluding hydrogens is 408 g/mol. The van der Waals surface area contributed by atoms with Crippen LogP contribution >= 0.6 is 0 Å². The van der Waals surface area contributed by atoms with Crippen molar-refractivity contribution in [3.05, 3.63) is 52.5 Å². The zero-order chi connectivity index (χ0) is 22.4. The summed E-state index contributed by atoms with van der Waals surface area (Å²) in [5.74, 6) is -0.406. The predicted octanol–water partition coefficient (Wildman–Crippen LogP) is 1.42. The Kier molecular flexibility index (Phi) is 6.55. The van der Waals surface area contributed by atoms with E-state index in [1.165, 1.54) is 33.5 Å². The molecule has 11 nitrogen and oxygen atoms in total. The zero-order valence-corrected chi connectivity index (χ0v) is 17.0. The Morgan fingerprint density at radius 3 is 2.35 bits per heavy atom. The molecule has 0 radical (unpaired) electrons. The Morgan fingerprint density at radius 2 is 1.77 bits per heavy atom. The molecular formula is C20H20N4O7. The van der Waals surface area contributed by atoms with Crippen LogP contribution in [0.2, 0.25) is 0 Å². The number of H-pyrrole nitrogens is 1. The highest BCUT2D eigenvalue weighted by Gasteiger charge is 2.17. The van der Waals surface area contributed by atoms with Gasteiger partial charge >= 0.3 is 5.76 Å². The lowest BCUT2D eigenvalue weighted by atomic mass is 10.1. The first-order valence-electron chi connectivity index (χ1n) is 8.99. The van der Waals surface area contributed by atoms with E-state index in [0.717, 1.165) is 0 Å². The highest BCUT2D eigenvalue weighted by Crippen LogP contribution is 2.38. The van der Waals surface area contributed by atoms with E-state index in [9.17, 15) is 14.4 Å². The maximum absolute atomic E-state index is 12.5. The van der Waals surface area contributed by atoms with Crippen molar-refractivity contribution in [2.45, 2.75) is 0 Å². The lowest BCUT2D eigenvalue weighted by Gasteiger charge is -2.14. The van der Waals surface area contributed by atoms with Crippen molar-refractivity contribution in [2.24, 2.45) is 0 Å². The Labute approximate surface area is 176 Å². The lowest BCUT2D eigenvalue weighted by molar-refractivity contribution is -0.115. The summed E-state index contributed by atoms with van der Waals surface area (Å²) >= 11 is 0.